The summed E-state index contributed by atoms with van der Waals surface area (Å²) in [7, 11) is 1.64. The number of rotatable bonds is 8. The fourth-order valence-electron chi connectivity index (χ4n) is 4.71. The van der Waals surface area contributed by atoms with Crippen LogP contribution in [0.4, 0.5) is 0 Å². The molecule has 1 aromatic heterocycles. The third-order valence-electron chi connectivity index (χ3n) is 6.78. The van der Waals surface area contributed by atoms with E-state index >= 15 is 0 Å². The van der Waals surface area contributed by atoms with E-state index in [0.29, 0.717) is 13.0 Å². The SMILES string of the molecule is COc1ccc(C[n+]2ccc(CCCNC(=O)c3cc(O)c4c(c3)C(=O)c3cccc(O)c3C4=O)cc2)cc1. The maximum atomic E-state index is 13.0. The predicted molar refractivity (Wildman–Crippen MR) is 142 cm³/mol. The zero-order valence-electron chi connectivity index (χ0n) is 21.3. The molecule has 1 aliphatic carbocycles. The Kier molecular flexibility index (Phi) is 7.10. The Morgan fingerprint density at radius 2 is 1.56 bits per heavy atom. The maximum Gasteiger partial charge on any atom is 0.251 e. The number of hydrogen-bond donors (Lipinski definition) is 3. The minimum Gasteiger partial charge on any atom is -0.507 e. The number of pyridine rings is 1. The van der Waals surface area contributed by atoms with Crippen LogP contribution in [0.15, 0.2) is 79.1 Å². The zero-order valence-corrected chi connectivity index (χ0v) is 21.3. The molecule has 0 saturated carbocycles. The van der Waals surface area contributed by atoms with Gasteiger partial charge in [0.2, 0.25) is 5.78 Å². The first-order chi connectivity index (χ1) is 18.9. The Hall–Kier alpha value is -4.98. The van der Waals surface area contributed by atoms with Crippen molar-refractivity contribution >= 4 is 17.5 Å². The molecule has 1 aliphatic rings. The van der Waals surface area contributed by atoms with Crippen molar-refractivity contribution in [3.8, 4) is 17.2 Å². The molecule has 196 valence electrons. The molecule has 39 heavy (non-hydrogen) atoms. The summed E-state index contributed by atoms with van der Waals surface area (Å²) < 4.78 is 7.28. The smallest absolute Gasteiger partial charge is 0.251 e. The second-order valence-corrected chi connectivity index (χ2v) is 9.36. The fraction of sp³-hybridized carbons (Fsp3) is 0.161. The van der Waals surface area contributed by atoms with E-state index in [1.54, 1.807) is 7.11 Å². The van der Waals surface area contributed by atoms with Crippen molar-refractivity contribution in [3.63, 3.8) is 0 Å². The minimum atomic E-state index is -0.657. The summed E-state index contributed by atoms with van der Waals surface area (Å²) in [5.41, 5.74) is 2.00. The summed E-state index contributed by atoms with van der Waals surface area (Å²) in [6, 6.07) is 18.7. The molecule has 5 rings (SSSR count). The molecular weight excluding hydrogens is 496 g/mol. The first-order valence-corrected chi connectivity index (χ1v) is 12.5. The van der Waals surface area contributed by atoms with Gasteiger partial charge < -0.3 is 20.3 Å². The number of fused-ring (bicyclic) bond motifs is 2. The van der Waals surface area contributed by atoms with E-state index in [2.05, 4.69) is 9.88 Å². The minimum absolute atomic E-state index is 0.0395. The van der Waals surface area contributed by atoms with Crippen molar-refractivity contribution in [2.45, 2.75) is 19.4 Å². The van der Waals surface area contributed by atoms with Gasteiger partial charge in [-0.25, -0.2) is 4.57 Å². The number of ketones is 2. The molecule has 0 aliphatic heterocycles. The molecule has 8 nitrogen and oxygen atoms in total. The number of amides is 1. The van der Waals surface area contributed by atoms with E-state index in [1.165, 1.54) is 30.3 Å². The Morgan fingerprint density at radius 3 is 2.28 bits per heavy atom. The largest absolute Gasteiger partial charge is 0.507 e. The number of benzene rings is 3. The van der Waals surface area contributed by atoms with Gasteiger partial charge in [-0.2, -0.15) is 0 Å². The summed E-state index contributed by atoms with van der Waals surface area (Å²) in [4.78, 5) is 38.6. The third kappa shape index (κ3) is 5.22. The lowest BCUT2D eigenvalue weighted by Crippen LogP contribution is -2.33. The van der Waals surface area contributed by atoms with Crippen LogP contribution in [0.2, 0.25) is 0 Å². The molecule has 0 saturated heterocycles. The van der Waals surface area contributed by atoms with Gasteiger partial charge in [0.1, 0.15) is 17.2 Å². The van der Waals surface area contributed by atoms with Crippen LogP contribution in [0.1, 0.15) is 59.7 Å². The number of carbonyl (C=O) groups is 3. The van der Waals surface area contributed by atoms with Crippen LogP contribution in [0.3, 0.4) is 0 Å². The molecule has 3 aromatic carbocycles. The number of nitrogens with one attached hydrogen (secondary N) is 1. The number of ether oxygens (including phenoxy) is 1. The lowest BCUT2D eigenvalue weighted by molar-refractivity contribution is -0.688. The van der Waals surface area contributed by atoms with Gasteiger partial charge >= 0.3 is 0 Å². The summed E-state index contributed by atoms with van der Waals surface area (Å²) >= 11 is 0. The van der Waals surface area contributed by atoms with Crippen LogP contribution in [0, 0.1) is 0 Å². The summed E-state index contributed by atoms with van der Waals surface area (Å²) in [5, 5.41) is 23.4. The number of nitrogens with zero attached hydrogens (tertiary/aromatic N) is 1. The van der Waals surface area contributed by atoms with E-state index in [4.69, 9.17) is 4.74 Å². The van der Waals surface area contributed by atoms with Crippen molar-refractivity contribution in [2.24, 2.45) is 0 Å². The van der Waals surface area contributed by atoms with Crippen molar-refractivity contribution in [3.05, 3.63) is 118 Å². The number of aryl methyl sites for hydroxylation is 1. The third-order valence-corrected chi connectivity index (χ3v) is 6.78. The highest BCUT2D eigenvalue weighted by Crippen LogP contribution is 2.37. The second-order valence-electron chi connectivity index (χ2n) is 9.36. The molecular formula is C31H27N2O6+. The molecule has 0 unspecified atom stereocenters. The van der Waals surface area contributed by atoms with Crippen molar-refractivity contribution in [2.75, 3.05) is 13.7 Å². The van der Waals surface area contributed by atoms with Crippen molar-refractivity contribution < 1.29 is 33.9 Å². The van der Waals surface area contributed by atoms with Gasteiger partial charge in [-0.15, -0.1) is 0 Å². The van der Waals surface area contributed by atoms with E-state index in [1.807, 2.05) is 48.8 Å². The number of aromatic hydroxyl groups is 2. The lowest BCUT2D eigenvalue weighted by atomic mass is 9.82. The van der Waals surface area contributed by atoms with Crippen LogP contribution >= 0.6 is 0 Å². The van der Waals surface area contributed by atoms with Gasteiger partial charge in [-0.05, 0) is 60.9 Å². The molecule has 3 N–H and O–H groups in total. The van der Waals surface area contributed by atoms with E-state index < -0.39 is 23.2 Å². The van der Waals surface area contributed by atoms with Crippen LogP contribution in [0.5, 0.6) is 17.2 Å². The van der Waals surface area contributed by atoms with Crippen LogP contribution in [-0.4, -0.2) is 41.3 Å². The Bertz CT molecular complexity index is 1580. The highest BCUT2D eigenvalue weighted by molar-refractivity contribution is 6.30. The number of hydrogen-bond acceptors (Lipinski definition) is 6. The number of methoxy groups -OCH3 is 1. The van der Waals surface area contributed by atoms with Gasteiger partial charge in [0.25, 0.3) is 5.91 Å². The number of aromatic nitrogens is 1. The zero-order chi connectivity index (χ0) is 27.5. The predicted octanol–water partition coefficient (Wildman–Crippen LogP) is 3.58. The lowest BCUT2D eigenvalue weighted by Gasteiger charge is -2.20. The second kappa shape index (κ2) is 10.8. The topological polar surface area (TPSA) is 117 Å². The summed E-state index contributed by atoms with van der Waals surface area (Å²) in [6.07, 6.45) is 5.48. The molecule has 1 amide bonds. The number of phenols is 2. The van der Waals surface area contributed by atoms with E-state index in [9.17, 15) is 24.6 Å². The van der Waals surface area contributed by atoms with Gasteiger partial charge in [-0.3, -0.25) is 14.4 Å². The molecule has 0 radical (unpaired) electrons. The van der Waals surface area contributed by atoms with Gasteiger partial charge in [0, 0.05) is 40.9 Å². The van der Waals surface area contributed by atoms with Crippen LogP contribution < -0.4 is 14.6 Å². The van der Waals surface area contributed by atoms with Gasteiger partial charge in [0.15, 0.2) is 24.7 Å². The highest BCUT2D eigenvalue weighted by atomic mass is 16.5. The molecule has 0 bridgehead atoms. The van der Waals surface area contributed by atoms with Gasteiger partial charge in [-0.1, -0.05) is 12.1 Å². The van der Waals surface area contributed by atoms with E-state index in [-0.39, 0.29) is 33.6 Å². The first kappa shape index (κ1) is 25.7. The number of carbonyl (C=O) groups excluding carboxylic acids is 3. The van der Waals surface area contributed by atoms with Crippen LogP contribution in [0.25, 0.3) is 0 Å². The fourth-order valence-corrected chi connectivity index (χ4v) is 4.71. The number of phenolic OH excluding ortho intramolecular Hbond substituents is 2. The van der Waals surface area contributed by atoms with Crippen molar-refractivity contribution in [1.82, 2.24) is 5.32 Å². The first-order valence-electron chi connectivity index (χ1n) is 12.5. The summed E-state index contributed by atoms with van der Waals surface area (Å²) in [6.45, 7) is 1.13. The normalized spacial score (nSPS) is 12.0. The summed E-state index contributed by atoms with van der Waals surface area (Å²) in [5.74, 6) is -1.63. The molecule has 4 aromatic rings. The van der Waals surface area contributed by atoms with Crippen molar-refractivity contribution in [1.29, 1.82) is 0 Å². The Balaban J connectivity index is 1.18. The Morgan fingerprint density at radius 1 is 0.846 bits per heavy atom. The molecule has 0 spiro atoms. The Labute approximate surface area is 225 Å². The average Bonchev–Trinajstić information content (AvgIpc) is 2.94. The van der Waals surface area contributed by atoms with E-state index in [0.717, 1.165) is 29.8 Å². The van der Waals surface area contributed by atoms with Crippen LogP contribution in [-0.2, 0) is 13.0 Å². The standard InChI is InChI=1S/C31H26N2O6/c1-39-22-9-7-20(8-10-22)18-33-14-11-19(12-15-33)4-3-13-32-31(38)21-16-24-28(26(35)17-21)30(37)27-23(29(24)36)5-2-6-25(27)34/h2,5-12,14-17H,3-4,13,18H2,1H3,(H2-,32,34,35,37,38)/p+1. The van der Waals surface area contributed by atoms with Gasteiger partial charge in [0.05, 0.1) is 18.2 Å². The quantitative estimate of drug-likeness (QED) is 0.212. The maximum absolute atomic E-state index is 13.0. The highest BCUT2D eigenvalue weighted by Gasteiger charge is 2.35. The molecule has 8 heteroatoms. The monoisotopic (exact) mass is 523 g/mol. The molecule has 0 fully saturated rings. The average molecular weight is 524 g/mol. The molecule has 0 atom stereocenters. The molecule has 1 heterocycles.